The van der Waals surface area contributed by atoms with E-state index in [4.69, 9.17) is 10.2 Å². The van der Waals surface area contributed by atoms with Crippen molar-refractivity contribution < 1.29 is 9.21 Å². The van der Waals surface area contributed by atoms with Crippen LogP contribution < -0.4 is 5.73 Å². The minimum atomic E-state index is -0.839. The van der Waals surface area contributed by atoms with Crippen LogP contribution in [0.4, 0.5) is 0 Å². The first kappa shape index (κ1) is 22.4. The van der Waals surface area contributed by atoms with E-state index in [2.05, 4.69) is 20.2 Å². The van der Waals surface area contributed by atoms with Gasteiger partial charge in [0.1, 0.15) is 10.7 Å². The van der Waals surface area contributed by atoms with Gasteiger partial charge < -0.3 is 15.1 Å². The van der Waals surface area contributed by atoms with Crippen LogP contribution in [-0.4, -0.2) is 37.5 Å². The first-order chi connectivity index (χ1) is 16.4. The zero-order valence-corrected chi connectivity index (χ0v) is 20.0. The second kappa shape index (κ2) is 9.08. The van der Waals surface area contributed by atoms with E-state index >= 15 is 0 Å². The zero-order chi connectivity index (χ0) is 23.7. The van der Waals surface area contributed by atoms with Gasteiger partial charge in [-0.3, -0.25) is 9.78 Å². The van der Waals surface area contributed by atoms with Gasteiger partial charge in [0, 0.05) is 29.4 Å². The summed E-state index contributed by atoms with van der Waals surface area (Å²) >= 11 is 1.61. The Balaban J connectivity index is 1.36. The molecule has 1 aliphatic heterocycles. The van der Waals surface area contributed by atoms with Gasteiger partial charge >= 0.3 is 0 Å². The number of rotatable bonds is 6. The van der Waals surface area contributed by atoms with Gasteiger partial charge in [0.2, 0.25) is 5.89 Å². The molecule has 9 heteroatoms. The third kappa shape index (κ3) is 4.49. The molecule has 174 valence electrons. The Bertz CT molecular complexity index is 1300. The van der Waals surface area contributed by atoms with E-state index in [0.29, 0.717) is 30.1 Å². The third-order valence-electron chi connectivity index (χ3n) is 5.99. The van der Waals surface area contributed by atoms with Crippen molar-refractivity contribution in [2.24, 2.45) is 5.73 Å². The molecule has 1 aromatic carbocycles. The van der Waals surface area contributed by atoms with Crippen LogP contribution >= 0.6 is 11.3 Å². The highest BCUT2D eigenvalue weighted by molar-refractivity contribution is 7.09. The molecule has 0 saturated carbocycles. The maximum absolute atomic E-state index is 13.4. The SMILES string of the molecule is Cc1csc(C2CCCN2C(=O)c2ccnc(-c3nnc(C(C)(N)Cc4ccccc4)o3)c2)n1. The first-order valence-electron chi connectivity index (χ1n) is 11.3. The maximum Gasteiger partial charge on any atom is 0.266 e. The van der Waals surface area contributed by atoms with Crippen molar-refractivity contribution in [3.05, 3.63) is 81.8 Å². The molecule has 4 aromatic rings. The van der Waals surface area contributed by atoms with Gasteiger partial charge in [0.25, 0.3) is 11.8 Å². The number of nitrogens with zero attached hydrogens (tertiary/aromatic N) is 5. The normalized spacial score (nSPS) is 17.6. The first-order valence-corrected chi connectivity index (χ1v) is 12.1. The summed E-state index contributed by atoms with van der Waals surface area (Å²) in [7, 11) is 0. The number of carbonyl (C=O) groups is 1. The molecule has 0 spiro atoms. The number of nitrogens with two attached hydrogens (primary N) is 1. The second-order valence-electron chi connectivity index (χ2n) is 8.91. The Morgan fingerprint density at radius 3 is 2.85 bits per heavy atom. The highest BCUT2D eigenvalue weighted by Crippen LogP contribution is 2.35. The van der Waals surface area contributed by atoms with E-state index in [1.165, 1.54) is 0 Å². The molecule has 2 N–H and O–H groups in total. The van der Waals surface area contributed by atoms with Gasteiger partial charge in [0.15, 0.2) is 0 Å². The van der Waals surface area contributed by atoms with Gasteiger partial charge in [-0.25, -0.2) is 4.98 Å². The number of thiazole rings is 1. The summed E-state index contributed by atoms with van der Waals surface area (Å²) in [6.45, 7) is 4.54. The quantitative estimate of drug-likeness (QED) is 0.444. The highest BCUT2D eigenvalue weighted by Gasteiger charge is 2.33. The molecule has 0 aliphatic carbocycles. The van der Waals surface area contributed by atoms with Crippen LogP contribution in [0, 0.1) is 6.92 Å². The Morgan fingerprint density at radius 1 is 1.26 bits per heavy atom. The van der Waals surface area contributed by atoms with E-state index in [0.717, 1.165) is 29.1 Å². The lowest BCUT2D eigenvalue weighted by molar-refractivity contribution is 0.0735. The van der Waals surface area contributed by atoms with Gasteiger partial charge in [-0.15, -0.1) is 21.5 Å². The fourth-order valence-electron chi connectivity index (χ4n) is 4.29. The summed E-state index contributed by atoms with van der Waals surface area (Å²) in [5, 5.41) is 11.4. The van der Waals surface area contributed by atoms with Gasteiger partial charge in [-0.1, -0.05) is 30.3 Å². The smallest absolute Gasteiger partial charge is 0.266 e. The van der Waals surface area contributed by atoms with Crippen LogP contribution in [0.2, 0.25) is 0 Å². The van der Waals surface area contributed by atoms with Crippen molar-refractivity contribution in [1.29, 1.82) is 0 Å². The van der Waals surface area contributed by atoms with Crippen molar-refractivity contribution in [1.82, 2.24) is 25.1 Å². The second-order valence-corrected chi connectivity index (χ2v) is 9.80. The Labute approximate surface area is 201 Å². The van der Waals surface area contributed by atoms with E-state index in [9.17, 15) is 4.79 Å². The number of pyridine rings is 1. The van der Waals surface area contributed by atoms with E-state index in [-0.39, 0.29) is 17.8 Å². The van der Waals surface area contributed by atoms with E-state index in [1.54, 1.807) is 29.7 Å². The number of aromatic nitrogens is 4. The summed E-state index contributed by atoms with van der Waals surface area (Å²) in [6, 6.07) is 13.4. The largest absolute Gasteiger partial charge is 0.417 e. The van der Waals surface area contributed by atoms with Crippen molar-refractivity contribution >= 4 is 17.2 Å². The topological polar surface area (TPSA) is 111 Å². The molecular formula is C25H26N6O2S. The van der Waals surface area contributed by atoms with Crippen molar-refractivity contribution in [3.8, 4) is 11.6 Å². The van der Waals surface area contributed by atoms with Gasteiger partial charge in [0.05, 0.1) is 11.6 Å². The Kier molecular flexibility index (Phi) is 5.97. The third-order valence-corrected chi connectivity index (χ3v) is 7.05. The molecule has 2 atom stereocenters. The molecule has 1 fully saturated rings. The number of carbonyl (C=O) groups excluding carboxylic acids is 1. The summed E-state index contributed by atoms with van der Waals surface area (Å²) in [4.78, 5) is 24.2. The molecule has 4 heterocycles. The van der Waals surface area contributed by atoms with Crippen LogP contribution in [0.25, 0.3) is 11.6 Å². The lowest BCUT2D eigenvalue weighted by Crippen LogP contribution is -2.35. The van der Waals surface area contributed by atoms with Gasteiger partial charge in [-0.05, 0) is 50.8 Å². The molecular weight excluding hydrogens is 448 g/mol. The van der Waals surface area contributed by atoms with E-state index in [1.807, 2.05) is 54.5 Å². The monoisotopic (exact) mass is 474 g/mol. The summed E-state index contributed by atoms with van der Waals surface area (Å²) in [6.07, 6.45) is 4.02. The molecule has 1 saturated heterocycles. The number of hydrogen-bond donors (Lipinski definition) is 1. The number of aryl methyl sites for hydroxylation is 1. The minimum Gasteiger partial charge on any atom is -0.417 e. The van der Waals surface area contributed by atoms with Gasteiger partial charge in [-0.2, -0.15) is 0 Å². The molecule has 0 bridgehead atoms. The molecule has 2 unspecified atom stereocenters. The molecule has 0 radical (unpaired) electrons. The number of benzene rings is 1. The van der Waals surface area contributed by atoms with Crippen LogP contribution in [0.3, 0.4) is 0 Å². The fourth-order valence-corrected chi connectivity index (χ4v) is 5.23. The van der Waals surface area contributed by atoms with Crippen LogP contribution in [0.15, 0.2) is 58.5 Å². The van der Waals surface area contributed by atoms with E-state index < -0.39 is 5.54 Å². The molecule has 8 nitrogen and oxygen atoms in total. The van der Waals surface area contributed by atoms with Crippen molar-refractivity contribution in [2.75, 3.05) is 6.54 Å². The number of likely N-dealkylation sites (tertiary alicyclic amines) is 1. The number of amides is 1. The summed E-state index contributed by atoms with van der Waals surface area (Å²) in [5.74, 6) is 0.512. The zero-order valence-electron chi connectivity index (χ0n) is 19.1. The lowest BCUT2D eigenvalue weighted by atomic mass is 9.94. The highest BCUT2D eigenvalue weighted by atomic mass is 32.1. The summed E-state index contributed by atoms with van der Waals surface area (Å²) in [5.41, 5.74) is 8.71. The Hall–Kier alpha value is -3.43. The Morgan fingerprint density at radius 2 is 2.09 bits per heavy atom. The predicted molar refractivity (Wildman–Crippen MR) is 129 cm³/mol. The average molecular weight is 475 g/mol. The maximum atomic E-state index is 13.4. The minimum absolute atomic E-state index is 0.00811. The average Bonchev–Trinajstić information content (AvgIpc) is 3.59. The van der Waals surface area contributed by atoms with Crippen LogP contribution in [0.5, 0.6) is 0 Å². The number of hydrogen-bond acceptors (Lipinski definition) is 8. The molecule has 3 aromatic heterocycles. The fraction of sp³-hybridized carbons (Fsp3) is 0.320. The molecule has 34 heavy (non-hydrogen) atoms. The molecule has 1 amide bonds. The standard InChI is InChI=1S/C25H26N6O2S/c1-16-15-34-22(28-16)20-9-6-12-31(20)23(32)18-10-11-27-19(13-18)21-29-30-24(33-21)25(2,26)14-17-7-4-3-5-8-17/h3-5,7-8,10-11,13,15,20H,6,9,12,14,26H2,1-2H3. The van der Waals surface area contributed by atoms with Crippen molar-refractivity contribution in [3.63, 3.8) is 0 Å². The van der Waals surface area contributed by atoms with Crippen LogP contribution in [0.1, 0.15) is 58.3 Å². The molecule has 5 rings (SSSR count). The molecule has 1 aliphatic rings. The predicted octanol–water partition coefficient (Wildman–Crippen LogP) is 4.29. The van der Waals surface area contributed by atoms with Crippen LogP contribution in [-0.2, 0) is 12.0 Å². The summed E-state index contributed by atoms with van der Waals surface area (Å²) < 4.78 is 5.92. The lowest BCUT2D eigenvalue weighted by Gasteiger charge is -2.23. The van der Waals surface area contributed by atoms with Crippen molar-refractivity contribution in [2.45, 2.75) is 44.7 Å².